The minimum absolute atomic E-state index is 0.141. The van der Waals surface area contributed by atoms with E-state index in [0.29, 0.717) is 13.1 Å². The summed E-state index contributed by atoms with van der Waals surface area (Å²) in [7, 11) is 0. The Kier molecular flexibility index (Phi) is 4.13. The number of carbonyl (C=O) groups excluding carboxylic acids is 2. The first-order chi connectivity index (χ1) is 10.1. The summed E-state index contributed by atoms with van der Waals surface area (Å²) in [6, 6.07) is 3.62. The molecule has 2 heterocycles. The lowest BCUT2D eigenvalue weighted by Crippen LogP contribution is -2.65. The second-order valence-corrected chi connectivity index (χ2v) is 6.86. The van der Waals surface area contributed by atoms with E-state index in [9.17, 15) is 9.59 Å². The molecule has 0 bridgehead atoms. The van der Waals surface area contributed by atoms with Crippen molar-refractivity contribution < 1.29 is 14.3 Å². The van der Waals surface area contributed by atoms with Gasteiger partial charge in [-0.1, -0.05) is 0 Å². The van der Waals surface area contributed by atoms with Crippen LogP contribution < -0.4 is 4.90 Å². The van der Waals surface area contributed by atoms with Crippen molar-refractivity contribution in [2.45, 2.75) is 45.8 Å². The molecule has 0 spiro atoms. The predicted molar refractivity (Wildman–Crippen MR) is 83.6 cm³/mol. The summed E-state index contributed by atoms with van der Waals surface area (Å²) in [6.07, 6.45) is 2.85. The van der Waals surface area contributed by atoms with Gasteiger partial charge >= 0.3 is 6.09 Å². The lowest BCUT2D eigenvalue weighted by molar-refractivity contribution is -0.131. The zero-order chi connectivity index (χ0) is 16.5. The molecule has 6 heteroatoms. The van der Waals surface area contributed by atoms with Gasteiger partial charge in [-0.15, -0.1) is 0 Å². The Balaban J connectivity index is 2.21. The van der Waals surface area contributed by atoms with Crippen LogP contribution >= 0.6 is 0 Å². The van der Waals surface area contributed by atoms with Gasteiger partial charge in [-0.2, -0.15) is 0 Å². The van der Waals surface area contributed by atoms with Gasteiger partial charge in [0, 0.05) is 19.3 Å². The number of rotatable bonds is 1. The molecule has 0 aliphatic carbocycles. The third kappa shape index (κ3) is 3.21. The van der Waals surface area contributed by atoms with Crippen LogP contribution in [0.3, 0.4) is 0 Å². The fourth-order valence-corrected chi connectivity index (χ4v) is 2.42. The van der Waals surface area contributed by atoms with Crippen LogP contribution in [0.2, 0.25) is 0 Å². The van der Waals surface area contributed by atoms with E-state index in [0.717, 1.165) is 5.69 Å². The van der Waals surface area contributed by atoms with E-state index < -0.39 is 17.2 Å². The Morgan fingerprint density at radius 1 is 1.32 bits per heavy atom. The van der Waals surface area contributed by atoms with Crippen LogP contribution in [0.1, 0.15) is 34.6 Å². The Labute approximate surface area is 131 Å². The molecule has 0 saturated carbocycles. The van der Waals surface area contributed by atoms with E-state index in [1.165, 1.54) is 4.90 Å². The van der Waals surface area contributed by atoms with Gasteiger partial charge in [-0.3, -0.25) is 14.7 Å². The van der Waals surface area contributed by atoms with Crippen molar-refractivity contribution in [2.75, 3.05) is 18.0 Å². The van der Waals surface area contributed by atoms with Crippen molar-refractivity contribution in [2.24, 2.45) is 0 Å². The summed E-state index contributed by atoms with van der Waals surface area (Å²) < 4.78 is 5.41. The van der Waals surface area contributed by atoms with E-state index in [4.69, 9.17) is 4.74 Å². The summed E-state index contributed by atoms with van der Waals surface area (Å²) in [5.41, 5.74) is -0.808. The van der Waals surface area contributed by atoms with Crippen molar-refractivity contribution in [3.05, 3.63) is 24.5 Å². The highest BCUT2D eigenvalue weighted by molar-refractivity contribution is 6.02. The molecule has 0 atom stereocenters. The molecule has 0 radical (unpaired) electrons. The van der Waals surface area contributed by atoms with Gasteiger partial charge in [-0.05, 0) is 46.8 Å². The van der Waals surface area contributed by atoms with Gasteiger partial charge in [0.1, 0.15) is 11.1 Å². The predicted octanol–water partition coefficient (Wildman–Crippen LogP) is 2.44. The fraction of sp³-hybridized carbons (Fsp3) is 0.562. The van der Waals surface area contributed by atoms with Crippen LogP contribution in [-0.2, 0) is 9.53 Å². The van der Waals surface area contributed by atoms with Gasteiger partial charge in [0.05, 0.1) is 11.9 Å². The van der Waals surface area contributed by atoms with E-state index in [2.05, 4.69) is 4.98 Å². The second-order valence-electron chi connectivity index (χ2n) is 6.86. The monoisotopic (exact) mass is 305 g/mol. The first kappa shape index (κ1) is 16.3. The van der Waals surface area contributed by atoms with Gasteiger partial charge in [0.2, 0.25) is 0 Å². The second kappa shape index (κ2) is 5.59. The highest BCUT2D eigenvalue weighted by atomic mass is 16.6. The number of aromatic nitrogens is 1. The van der Waals surface area contributed by atoms with Crippen LogP contribution in [-0.4, -0.2) is 46.1 Å². The number of ether oxygens (including phenoxy) is 1. The van der Waals surface area contributed by atoms with Crippen molar-refractivity contribution in [3.8, 4) is 0 Å². The van der Waals surface area contributed by atoms with Crippen molar-refractivity contribution in [3.63, 3.8) is 0 Å². The number of pyridine rings is 1. The molecule has 120 valence electrons. The fourth-order valence-electron chi connectivity index (χ4n) is 2.42. The summed E-state index contributed by atoms with van der Waals surface area (Å²) in [5, 5.41) is 0. The molecule has 0 unspecified atom stereocenters. The summed E-state index contributed by atoms with van der Waals surface area (Å²) in [6.45, 7) is 9.75. The van der Waals surface area contributed by atoms with Crippen LogP contribution in [0.25, 0.3) is 0 Å². The number of nitrogens with zero attached hydrogens (tertiary/aromatic N) is 3. The SMILES string of the molecule is CC(C)(C)OC(=O)N1CCN(c2cccnc2)C(=O)C1(C)C. The number of hydrogen-bond donors (Lipinski definition) is 0. The molecular formula is C16H23N3O3. The van der Waals surface area contributed by atoms with Crippen molar-refractivity contribution in [1.29, 1.82) is 0 Å². The molecule has 1 saturated heterocycles. The van der Waals surface area contributed by atoms with E-state index >= 15 is 0 Å². The summed E-state index contributed by atoms with van der Waals surface area (Å²) in [4.78, 5) is 32.3. The van der Waals surface area contributed by atoms with Gasteiger partial charge in [0.25, 0.3) is 5.91 Å². The number of anilines is 1. The molecule has 1 fully saturated rings. The molecule has 2 amide bonds. The Bertz CT molecular complexity index is 564. The smallest absolute Gasteiger partial charge is 0.411 e. The molecule has 1 aromatic heterocycles. The first-order valence-corrected chi connectivity index (χ1v) is 7.35. The third-order valence-corrected chi connectivity index (χ3v) is 3.56. The maximum Gasteiger partial charge on any atom is 0.411 e. The molecular weight excluding hydrogens is 282 g/mol. The van der Waals surface area contributed by atoms with Crippen LogP contribution in [0, 0.1) is 0 Å². The van der Waals surface area contributed by atoms with Crippen LogP contribution in [0.5, 0.6) is 0 Å². The molecule has 1 aromatic rings. The zero-order valence-corrected chi connectivity index (χ0v) is 13.8. The minimum Gasteiger partial charge on any atom is -0.444 e. The lowest BCUT2D eigenvalue weighted by atomic mass is 9.97. The summed E-state index contributed by atoms with van der Waals surface area (Å²) >= 11 is 0. The van der Waals surface area contributed by atoms with Crippen LogP contribution in [0.4, 0.5) is 10.5 Å². The maximum absolute atomic E-state index is 12.8. The Morgan fingerprint density at radius 2 is 2.00 bits per heavy atom. The Hall–Kier alpha value is -2.11. The number of piperazine rings is 1. The number of carbonyl (C=O) groups is 2. The molecule has 6 nitrogen and oxygen atoms in total. The lowest BCUT2D eigenvalue weighted by Gasteiger charge is -2.45. The molecule has 1 aliphatic rings. The van der Waals surface area contributed by atoms with Gasteiger partial charge in [-0.25, -0.2) is 4.79 Å². The maximum atomic E-state index is 12.8. The molecule has 0 aromatic carbocycles. The van der Waals surface area contributed by atoms with Gasteiger partial charge in [0.15, 0.2) is 0 Å². The first-order valence-electron chi connectivity index (χ1n) is 7.35. The standard InChI is InChI=1S/C16H23N3O3/c1-15(2,3)22-14(21)19-10-9-18(13(20)16(19,4)5)12-7-6-8-17-11-12/h6-8,11H,9-10H2,1-5H3. The van der Waals surface area contributed by atoms with Crippen molar-refractivity contribution in [1.82, 2.24) is 9.88 Å². The number of hydrogen-bond acceptors (Lipinski definition) is 4. The van der Waals surface area contributed by atoms with Gasteiger partial charge < -0.3 is 9.64 Å². The normalized spacial score (nSPS) is 18.3. The highest BCUT2D eigenvalue weighted by Gasteiger charge is 2.46. The number of amides is 2. The van der Waals surface area contributed by atoms with E-state index in [-0.39, 0.29) is 5.91 Å². The zero-order valence-electron chi connectivity index (χ0n) is 13.8. The average molecular weight is 305 g/mol. The average Bonchev–Trinajstić information content (AvgIpc) is 2.40. The highest BCUT2D eigenvalue weighted by Crippen LogP contribution is 2.28. The molecule has 22 heavy (non-hydrogen) atoms. The third-order valence-electron chi connectivity index (χ3n) is 3.56. The molecule has 2 rings (SSSR count). The van der Waals surface area contributed by atoms with E-state index in [1.807, 2.05) is 26.8 Å². The van der Waals surface area contributed by atoms with Crippen LogP contribution in [0.15, 0.2) is 24.5 Å². The Morgan fingerprint density at radius 3 is 2.55 bits per heavy atom. The summed E-state index contributed by atoms with van der Waals surface area (Å²) in [5.74, 6) is -0.141. The largest absolute Gasteiger partial charge is 0.444 e. The quantitative estimate of drug-likeness (QED) is 0.799. The van der Waals surface area contributed by atoms with E-state index in [1.54, 1.807) is 37.2 Å². The minimum atomic E-state index is -0.962. The van der Waals surface area contributed by atoms with Crippen molar-refractivity contribution >= 4 is 17.7 Å². The molecule has 1 aliphatic heterocycles. The topological polar surface area (TPSA) is 62.7 Å². The molecule has 0 N–H and O–H groups in total.